The van der Waals surface area contributed by atoms with Crippen molar-refractivity contribution in [3.63, 3.8) is 0 Å². The Labute approximate surface area is 160 Å². The monoisotopic (exact) mass is 406 g/mol. The van der Waals surface area contributed by atoms with E-state index >= 15 is 0 Å². The lowest BCUT2D eigenvalue weighted by Crippen LogP contribution is -2.36. The van der Waals surface area contributed by atoms with Gasteiger partial charge in [0.2, 0.25) is 0 Å². The number of nitrogens with one attached hydrogen (secondary N) is 1. The number of amides is 1. The second kappa shape index (κ2) is 7.00. The minimum atomic E-state index is -4.57. The van der Waals surface area contributed by atoms with E-state index in [0.717, 1.165) is 6.07 Å². The molecule has 1 aromatic rings. The highest BCUT2D eigenvalue weighted by molar-refractivity contribution is 6.29. The number of likely N-dealkylation sites (tertiary alicyclic amines) is 1. The molecule has 0 aromatic carbocycles. The van der Waals surface area contributed by atoms with Crippen LogP contribution in [0.1, 0.15) is 39.2 Å². The van der Waals surface area contributed by atoms with E-state index in [1.54, 1.807) is 4.90 Å². The predicted molar refractivity (Wildman–Crippen MR) is 93.5 cm³/mol. The van der Waals surface area contributed by atoms with Gasteiger partial charge in [0.15, 0.2) is 11.0 Å². The van der Waals surface area contributed by atoms with Crippen LogP contribution in [0.3, 0.4) is 0 Å². The van der Waals surface area contributed by atoms with Crippen molar-refractivity contribution in [2.45, 2.75) is 51.4 Å². The molecular weight excluding hydrogens is 385 g/mol. The maximum Gasteiger partial charge on any atom is 0.420 e. The molecule has 150 valence electrons. The summed E-state index contributed by atoms with van der Waals surface area (Å²) in [6.45, 7) is 6.54. The molecule has 3 atom stereocenters. The van der Waals surface area contributed by atoms with Crippen molar-refractivity contribution in [1.82, 2.24) is 15.1 Å². The number of anilines is 1. The van der Waals surface area contributed by atoms with Crippen LogP contribution in [0.25, 0.3) is 0 Å². The van der Waals surface area contributed by atoms with Crippen molar-refractivity contribution in [2.75, 3.05) is 18.4 Å². The zero-order chi connectivity index (χ0) is 20.0. The summed E-state index contributed by atoms with van der Waals surface area (Å²) in [5.74, 6) is 0.148. The number of hydrogen-bond acceptors (Lipinski definition) is 5. The lowest BCUT2D eigenvalue weighted by Gasteiger charge is -2.25. The summed E-state index contributed by atoms with van der Waals surface area (Å²) in [5, 5.41) is 9.67. The molecule has 0 radical (unpaired) electrons. The van der Waals surface area contributed by atoms with Crippen LogP contribution in [0, 0.1) is 11.8 Å². The number of halogens is 4. The first-order chi connectivity index (χ1) is 12.4. The van der Waals surface area contributed by atoms with Crippen LogP contribution in [-0.4, -0.2) is 45.9 Å². The molecule has 1 saturated heterocycles. The molecule has 10 heteroatoms. The van der Waals surface area contributed by atoms with Gasteiger partial charge in [-0.05, 0) is 51.5 Å². The minimum Gasteiger partial charge on any atom is -0.444 e. The fourth-order valence-electron chi connectivity index (χ4n) is 3.78. The topological polar surface area (TPSA) is 67.3 Å². The van der Waals surface area contributed by atoms with Crippen LogP contribution in [0.15, 0.2) is 6.07 Å². The lowest BCUT2D eigenvalue weighted by molar-refractivity contribution is -0.137. The Morgan fingerprint density at radius 2 is 1.81 bits per heavy atom. The first-order valence-corrected chi connectivity index (χ1v) is 9.15. The van der Waals surface area contributed by atoms with Gasteiger partial charge in [0.1, 0.15) is 11.2 Å². The second-order valence-corrected chi connectivity index (χ2v) is 8.53. The molecule has 1 aliphatic heterocycles. The van der Waals surface area contributed by atoms with E-state index in [0.29, 0.717) is 25.9 Å². The molecule has 0 bridgehead atoms. The third-order valence-corrected chi connectivity index (χ3v) is 5.00. The summed E-state index contributed by atoms with van der Waals surface area (Å²) in [7, 11) is 0. The van der Waals surface area contributed by atoms with E-state index in [2.05, 4.69) is 15.5 Å². The molecule has 2 aliphatic rings. The van der Waals surface area contributed by atoms with E-state index in [1.807, 2.05) is 20.8 Å². The van der Waals surface area contributed by atoms with Gasteiger partial charge in [-0.2, -0.15) is 13.2 Å². The Morgan fingerprint density at radius 3 is 2.33 bits per heavy atom. The molecule has 1 aliphatic carbocycles. The molecule has 2 heterocycles. The number of ether oxygens (including phenoxy) is 1. The SMILES string of the molecule is CC(C)(C)OC(=O)N1CC2C[C@@H](Nc3nnc(Cl)cc3C(F)(F)F)C[C@@H]2C1. The summed E-state index contributed by atoms with van der Waals surface area (Å²) >= 11 is 5.56. The lowest BCUT2D eigenvalue weighted by atomic mass is 10.0. The molecular formula is C17H22ClF3N4O2. The first kappa shape index (κ1) is 20.0. The number of carbonyl (C=O) groups excluding carboxylic acids is 1. The molecule has 6 nitrogen and oxygen atoms in total. The van der Waals surface area contributed by atoms with Crippen LogP contribution < -0.4 is 5.32 Å². The fourth-order valence-corrected chi connectivity index (χ4v) is 3.92. The van der Waals surface area contributed by atoms with Crippen molar-refractivity contribution >= 4 is 23.5 Å². The van der Waals surface area contributed by atoms with Gasteiger partial charge in [-0.1, -0.05) is 11.6 Å². The number of fused-ring (bicyclic) bond motifs is 1. The maximum absolute atomic E-state index is 13.2. The van der Waals surface area contributed by atoms with E-state index in [1.165, 1.54) is 0 Å². The second-order valence-electron chi connectivity index (χ2n) is 8.15. The number of hydrogen-bond donors (Lipinski definition) is 1. The molecule has 1 saturated carbocycles. The molecule has 1 unspecified atom stereocenters. The first-order valence-electron chi connectivity index (χ1n) is 8.77. The fraction of sp³-hybridized carbons (Fsp3) is 0.706. The summed E-state index contributed by atoms with van der Waals surface area (Å²) in [6, 6.07) is 0.619. The van der Waals surface area contributed by atoms with Crippen LogP contribution >= 0.6 is 11.6 Å². The number of carbonyl (C=O) groups is 1. The van der Waals surface area contributed by atoms with Crippen molar-refractivity contribution in [1.29, 1.82) is 0 Å². The van der Waals surface area contributed by atoms with E-state index in [9.17, 15) is 18.0 Å². The van der Waals surface area contributed by atoms with Gasteiger partial charge < -0.3 is 15.0 Å². The maximum atomic E-state index is 13.2. The highest BCUT2D eigenvalue weighted by Gasteiger charge is 2.44. The standard InChI is InChI=1S/C17H22ClF3N4O2/c1-16(2,3)27-15(26)25-7-9-4-11(5-10(9)8-25)22-14-12(17(19,20)21)6-13(18)23-24-14/h6,9-11H,4-5,7-8H2,1-3H3,(H,22,24)/t9-,10?,11+/m1/s1. The van der Waals surface area contributed by atoms with Gasteiger partial charge in [0.05, 0.1) is 0 Å². The van der Waals surface area contributed by atoms with Gasteiger partial charge in [0, 0.05) is 19.1 Å². The Morgan fingerprint density at radius 1 is 1.22 bits per heavy atom. The Bertz CT molecular complexity index is 709. The average Bonchev–Trinajstić information content (AvgIpc) is 3.04. The van der Waals surface area contributed by atoms with Gasteiger partial charge >= 0.3 is 12.3 Å². The molecule has 2 fully saturated rings. The summed E-state index contributed by atoms with van der Waals surface area (Å²) in [4.78, 5) is 13.9. The van der Waals surface area contributed by atoms with E-state index in [4.69, 9.17) is 16.3 Å². The average molecular weight is 407 g/mol. The van der Waals surface area contributed by atoms with E-state index < -0.39 is 17.3 Å². The van der Waals surface area contributed by atoms with Gasteiger partial charge in [-0.25, -0.2) is 4.79 Å². The minimum absolute atomic E-state index is 0.155. The Kier molecular flexibility index (Phi) is 5.18. The third-order valence-electron chi connectivity index (χ3n) is 4.81. The van der Waals surface area contributed by atoms with Crippen molar-refractivity contribution < 1.29 is 22.7 Å². The zero-order valence-electron chi connectivity index (χ0n) is 15.3. The highest BCUT2D eigenvalue weighted by atomic mass is 35.5. The largest absolute Gasteiger partial charge is 0.444 e. The van der Waals surface area contributed by atoms with Gasteiger partial charge in [-0.3, -0.25) is 0 Å². The number of nitrogens with zero attached hydrogens (tertiary/aromatic N) is 3. The van der Waals surface area contributed by atoms with E-state index in [-0.39, 0.29) is 34.9 Å². The third kappa shape index (κ3) is 4.75. The number of aromatic nitrogens is 2. The summed E-state index contributed by atoms with van der Waals surface area (Å²) in [6.07, 6.45) is -3.59. The van der Waals surface area contributed by atoms with Crippen molar-refractivity contribution in [3.8, 4) is 0 Å². The zero-order valence-corrected chi connectivity index (χ0v) is 16.1. The Hall–Kier alpha value is -1.77. The molecule has 1 N–H and O–H groups in total. The van der Waals surface area contributed by atoms with Crippen LogP contribution in [0.2, 0.25) is 5.15 Å². The molecule has 1 aromatic heterocycles. The molecule has 0 spiro atoms. The van der Waals surface area contributed by atoms with Crippen molar-refractivity contribution in [2.24, 2.45) is 11.8 Å². The highest BCUT2D eigenvalue weighted by Crippen LogP contribution is 2.41. The molecule has 3 rings (SSSR count). The number of rotatable bonds is 2. The molecule has 1 amide bonds. The number of alkyl halides is 3. The Balaban J connectivity index is 1.61. The van der Waals surface area contributed by atoms with Crippen LogP contribution in [-0.2, 0) is 10.9 Å². The van der Waals surface area contributed by atoms with Crippen molar-refractivity contribution in [3.05, 3.63) is 16.8 Å². The summed E-state index contributed by atoms with van der Waals surface area (Å²) < 4.78 is 44.9. The van der Waals surface area contributed by atoms with Crippen LogP contribution in [0.4, 0.5) is 23.8 Å². The summed E-state index contributed by atoms with van der Waals surface area (Å²) in [5.41, 5.74) is -1.48. The van der Waals surface area contributed by atoms with Gasteiger partial charge in [-0.15, -0.1) is 10.2 Å². The predicted octanol–water partition coefficient (Wildman–Crippen LogP) is 4.21. The molecule has 27 heavy (non-hydrogen) atoms. The smallest absolute Gasteiger partial charge is 0.420 e. The van der Waals surface area contributed by atoms with Crippen LogP contribution in [0.5, 0.6) is 0 Å². The normalized spacial score (nSPS) is 25.4. The quantitative estimate of drug-likeness (QED) is 0.797. The van der Waals surface area contributed by atoms with Gasteiger partial charge in [0.25, 0.3) is 0 Å².